The summed E-state index contributed by atoms with van der Waals surface area (Å²) in [5, 5.41) is 7.23. The number of pyridine rings is 1. The van der Waals surface area contributed by atoms with Crippen molar-refractivity contribution in [1.82, 2.24) is 15.7 Å². The van der Waals surface area contributed by atoms with E-state index in [4.69, 9.17) is 4.42 Å². The molecule has 1 aliphatic rings. The maximum atomic E-state index is 12.5. The Morgan fingerprint density at radius 3 is 2.82 bits per heavy atom. The summed E-state index contributed by atoms with van der Waals surface area (Å²) in [5.41, 5.74) is 5.38. The number of aryl methyl sites for hydroxylation is 1. The van der Waals surface area contributed by atoms with E-state index < -0.39 is 0 Å². The van der Waals surface area contributed by atoms with E-state index in [0.29, 0.717) is 23.8 Å². The summed E-state index contributed by atoms with van der Waals surface area (Å²) >= 11 is 0. The second-order valence-electron chi connectivity index (χ2n) is 7.39. The van der Waals surface area contributed by atoms with Crippen LogP contribution in [-0.2, 0) is 6.42 Å². The lowest BCUT2D eigenvalue weighted by atomic mass is 9.93. The number of furan rings is 1. The third-order valence-electron chi connectivity index (χ3n) is 4.76. The highest BCUT2D eigenvalue weighted by molar-refractivity contribution is 6.07. The quantitative estimate of drug-likeness (QED) is 0.750. The van der Waals surface area contributed by atoms with Gasteiger partial charge < -0.3 is 9.73 Å². The molecular weight excluding hydrogens is 356 g/mol. The topological polar surface area (TPSA) is 96.6 Å². The van der Waals surface area contributed by atoms with Gasteiger partial charge in [0.05, 0.1) is 11.3 Å². The molecular formula is C21H26N4O3. The summed E-state index contributed by atoms with van der Waals surface area (Å²) in [6.07, 6.45) is 6.34. The van der Waals surface area contributed by atoms with Crippen LogP contribution < -0.4 is 10.7 Å². The van der Waals surface area contributed by atoms with Crippen molar-refractivity contribution in [2.75, 3.05) is 6.54 Å². The highest BCUT2D eigenvalue weighted by Crippen LogP contribution is 2.29. The fourth-order valence-corrected chi connectivity index (χ4v) is 3.23. The molecule has 7 heteroatoms. The van der Waals surface area contributed by atoms with Gasteiger partial charge in [-0.25, -0.2) is 5.43 Å². The predicted molar refractivity (Wildman–Crippen MR) is 106 cm³/mol. The van der Waals surface area contributed by atoms with E-state index >= 15 is 0 Å². The number of amides is 2. The van der Waals surface area contributed by atoms with Gasteiger partial charge in [-0.3, -0.25) is 14.6 Å². The number of carbonyl (C=O) groups is 2. The van der Waals surface area contributed by atoms with Gasteiger partial charge in [0.1, 0.15) is 5.76 Å². The van der Waals surface area contributed by atoms with E-state index in [0.717, 1.165) is 48.3 Å². The highest BCUT2D eigenvalue weighted by atomic mass is 16.4. The van der Waals surface area contributed by atoms with Gasteiger partial charge >= 0.3 is 0 Å². The predicted octanol–water partition coefficient (Wildman–Crippen LogP) is 3.23. The number of hydrogen-bond donors (Lipinski definition) is 2. The van der Waals surface area contributed by atoms with Crippen LogP contribution in [0.2, 0.25) is 0 Å². The first-order chi connectivity index (χ1) is 13.5. The van der Waals surface area contributed by atoms with Gasteiger partial charge in [0.2, 0.25) is 0 Å². The Hall–Kier alpha value is -2.96. The summed E-state index contributed by atoms with van der Waals surface area (Å²) in [6, 6.07) is 3.38. The summed E-state index contributed by atoms with van der Waals surface area (Å²) in [6.45, 7) is 6.71. The van der Waals surface area contributed by atoms with E-state index in [1.165, 1.54) is 6.20 Å². The van der Waals surface area contributed by atoms with Crippen LogP contribution in [0.1, 0.15) is 70.9 Å². The van der Waals surface area contributed by atoms with Crippen LogP contribution in [0.3, 0.4) is 0 Å². The van der Waals surface area contributed by atoms with Crippen molar-refractivity contribution in [1.29, 1.82) is 0 Å². The van der Waals surface area contributed by atoms with Crippen LogP contribution in [-0.4, -0.2) is 29.1 Å². The van der Waals surface area contributed by atoms with Gasteiger partial charge in [0.15, 0.2) is 5.76 Å². The van der Waals surface area contributed by atoms with Gasteiger partial charge in [-0.2, -0.15) is 5.10 Å². The smallest absolute Gasteiger partial charge is 0.287 e. The lowest BCUT2D eigenvalue weighted by Crippen LogP contribution is -2.25. The maximum absolute atomic E-state index is 12.5. The molecule has 3 rings (SSSR count). The number of carbonyl (C=O) groups excluding carboxylic acids is 2. The molecule has 2 aromatic heterocycles. The minimum absolute atomic E-state index is 0.203. The van der Waals surface area contributed by atoms with Crippen molar-refractivity contribution in [3.63, 3.8) is 0 Å². The van der Waals surface area contributed by atoms with Crippen molar-refractivity contribution in [3.05, 3.63) is 52.7 Å². The van der Waals surface area contributed by atoms with Crippen molar-refractivity contribution in [2.45, 2.75) is 46.5 Å². The Morgan fingerprint density at radius 1 is 1.29 bits per heavy atom. The van der Waals surface area contributed by atoms with Gasteiger partial charge in [0.25, 0.3) is 11.8 Å². The van der Waals surface area contributed by atoms with Crippen molar-refractivity contribution in [2.24, 2.45) is 11.0 Å². The molecule has 0 bridgehead atoms. The van der Waals surface area contributed by atoms with Crippen LogP contribution in [0.15, 0.2) is 34.0 Å². The molecule has 0 fully saturated rings. The first-order valence-corrected chi connectivity index (χ1v) is 9.65. The highest BCUT2D eigenvalue weighted by Gasteiger charge is 2.28. The minimum Gasteiger partial charge on any atom is -0.455 e. The molecule has 0 aliphatic heterocycles. The molecule has 2 heterocycles. The first kappa shape index (κ1) is 19.8. The molecule has 0 unspecified atom stereocenters. The molecule has 0 atom stereocenters. The van der Waals surface area contributed by atoms with Gasteiger partial charge in [-0.05, 0) is 44.2 Å². The lowest BCUT2D eigenvalue weighted by Gasteiger charge is -2.13. The molecule has 2 N–H and O–H groups in total. The standard InChI is InChI=1S/C21H26N4O3/c1-13(2)9-11-23-21(27)19-14(3)18-16(7-4-8-17(18)28-19)24-25-20(26)15-6-5-10-22-12-15/h5-6,10,12-13H,4,7-9,11H2,1-3H3,(H,23,27)(H,25,26)/b24-16+. The van der Waals surface area contributed by atoms with E-state index in [1.54, 1.807) is 18.3 Å². The zero-order valence-electron chi connectivity index (χ0n) is 16.5. The Labute approximate surface area is 164 Å². The van der Waals surface area contributed by atoms with Gasteiger partial charge in [0, 0.05) is 36.5 Å². The van der Waals surface area contributed by atoms with Crippen LogP contribution >= 0.6 is 0 Å². The van der Waals surface area contributed by atoms with Crippen molar-refractivity contribution in [3.8, 4) is 0 Å². The summed E-state index contributed by atoms with van der Waals surface area (Å²) in [4.78, 5) is 28.7. The van der Waals surface area contributed by atoms with Crippen molar-refractivity contribution < 1.29 is 14.0 Å². The van der Waals surface area contributed by atoms with E-state index in [1.807, 2.05) is 6.92 Å². The number of nitrogens with zero attached hydrogens (tertiary/aromatic N) is 2. The molecule has 0 aromatic carbocycles. The fourth-order valence-electron chi connectivity index (χ4n) is 3.23. The Morgan fingerprint density at radius 2 is 2.11 bits per heavy atom. The fraction of sp³-hybridized carbons (Fsp3) is 0.429. The number of aromatic nitrogens is 1. The third-order valence-corrected chi connectivity index (χ3v) is 4.76. The Balaban J connectivity index is 1.77. The molecule has 7 nitrogen and oxygen atoms in total. The molecule has 0 spiro atoms. The molecule has 0 radical (unpaired) electrons. The summed E-state index contributed by atoms with van der Waals surface area (Å²) in [7, 11) is 0. The molecule has 2 amide bonds. The monoisotopic (exact) mass is 382 g/mol. The normalized spacial score (nSPS) is 14.8. The molecule has 1 aliphatic carbocycles. The second kappa shape index (κ2) is 8.82. The number of nitrogens with one attached hydrogen (secondary N) is 2. The summed E-state index contributed by atoms with van der Waals surface area (Å²) in [5.74, 6) is 1.09. The SMILES string of the molecule is Cc1c(C(=O)NCCC(C)C)oc2c1/C(=N/NC(=O)c1cccnc1)CCC2. The second-order valence-corrected chi connectivity index (χ2v) is 7.39. The lowest BCUT2D eigenvalue weighted by molar-refractivity contribution is 0.0920. The Kier molecular flexibility index (Phi) is 6.23. The Bertz CT molecular complexity index is 885. The van der Waals surface area contributed by atoms with E-state index in [2.05, 4.69) is 34.7 Å². The maximum Gasteiger partial charge on any atom is 0.287 e. The van der Waals surface area contributed by atoms with E-state index in [9.17, 15) is 9.59 Å². The largest absolute Gasteiger partial charge is 0.455 e. The van der Waals surface area contributed by atoms with Crippen LogP contribution in [0.4, 0.5) is 0 Å². The zero-order valence-corrected chi connectivity index (χ0v) is 16.5. The molecule has 0 saturated carbocycles. The first-order valence-electron chi connectivity index (χ1n) is 9.65. The number of rotatable bonds is 6. The zero-order chi connectivity index (χ0) is 20.1. The molecule has 28 heavy (non-hydrogen) atoms. The average Bonchev–Trinajstić information content (AvgIpc) is 3.04. The van der Waals surface area contributed by atoms with Crippen LogP contribution in [0.25, 0.3) is 0 Å². The summed E-state index contributed by atoms with van der Waals surface area (Å²) < 4.78 is 5.86. The third kappa shape index (κ3) is 4.47. The van der Waals surface area contributed by atoms with Gasteiger partial charge in [-0.1, -0.05) is 13.8 Å². The van der Waals surface area contributed by atoms with Crippen molar-refractivity contribution >= 4 is 17.5 Å². The van der Waals surface area contributed by atoms with Crippen LogP contribution in [0, 0.1) is 12.8 Å². The minimum atomic E-state index is -0.319. The van der Waals surface area contributed by atoms with Crippen LogP contribution in [0.5, 0.6) is 0 Å². The number of hydrazone groups is 1. The van der Waals surface area contributed by atoms with Gasteiger partial charge in [-0.15, -0.1) is 0 Å². The number of fused-ring (bicyclic) bond motifs is 1. The van der Waals surface area contributed by atoms with E-state index in [-0.39, 0.29) is 11.8 Å². The molecule has 0 saturated heterocycles. The number of hydrogen-bond acceptors (Lipinski definition) is 5. The molecule has 148 valence electrons. The average molecular weight is 382 g/mol. The molecule has 2 aromatic rings.